The number of pyridine rings is 1. The summed E-state index contributed by atoms with van der Waals surface area (Å²) in [5, 5.41) is 15.0. The highest BCUT2D eigenvalue weighted by molar-refractivity contribution is 6.33. The third kappa shape index (κ3) is 3.97. The van der Waals surface area contributed by atoms with Crippen LogP contribution in [0.3, 0.4) is 0 Å². The van der Waals surface area contributed by atoms with Gasteiger partial charge < -0.3 is 10.6 Å². The fraction of sp³-hybridized carbons (Fsp3) is 0.176. The molecule has 0 aliphatic rings. The Morgan fingerprint density at radius 2 is 1.92 bits per heavy atom. The fourth-order valence-corrected chi connectivity index (χ4v) is 2.69. The van der Waals surface area contributed by atoms with Crippen LogP contribution in [0.2, 0.25) is 5.02 Å². The van der Waals surface area contributed by atoms with Gasteiger partial charge in [0, 0.05) is 18.9 Å². The molecular weight excluding hydrogens is 324 g/mol. The van der Waals surface area contributed by atoms with Gasteiger partial charge >= 0.3 is 0 Å². The summed E-state index contributed by atoms with van der Waals surface area (Å²) >= 11 is 6.32. The van der Waals surface area contributed by atoms with Crippen molar-refractivity contribution in [3.05, 3.63) is 64.6 Å². The number of anilines is 3. The molecule has 0 saturated heterocycles. The zero-order chi connectivity index (χ0) is 16.9. The van der Waals surface area contributed by atoms with E-state index >= 15 is 0 Å². The summed E-state index contributed by atoms with van der Waals surface area (Å²) in [5.41, 5.74) is 4.07. The first-order chi connectivity index (χ1) is 11.6. The normalized spacial score (nSPS) is 10.5. The number of rotatable bonds is 5. The van der Waals surface area contributed by atoms with Crippen molar-refractivity contribution in [3.8, 4) is 0 Å². The van der Waals surface area contributed by atoms with E-state index in [1.807, 2.05) is 32.0 Å². The molecule has 24 heavy (non-hydrogen) atoms. The zero-order valence-electron chi connectivity index (χ0n) is 13.4. The molecule has 6 nitrogen and oxygen atoms in total. The Bertz CT molecular complexity index is 814. The van der Waals surface area contributed by atoms with Crippen molar-refractivity contribution in [2.24, 2.45) is 0 Å². The lowest BCUT2D eigenvalue weighted by Crippen LogP contribution is -2.07. The highest BCUT2D eigenvalue weighted by atomic mass is 35.5. The lowest BCUT2D eigenvalue weighted by molar-refractivity contribution is 0.947. The maximum Gasteiger partial charge on any atom is 0.244 e. The lowest BCUT2D eigenvalue weighted by Gasteiger charge is -2.12. The molecule has 0 unspecified atom stereocenters. The number of halogens is 1. The van der Waals surface area contributed by atoms with Gasteiger partial charge in [-0.3, -0.25) is 4.98 Å². The SMILES string of the molecule is Cc1cc(C)c(Nc2cnnc(NCc3ccncc3)n2)c(Cl)c1. The summed E-state index contributed by atoms with van der Waals surface area (Å²) in [4.78, 5) is 8.41. The molecule has 7 heteroatoms. The van der Waals surface area contributed by atoms with Gasteiger partial charge in [0.1, 0.15) is 0 Å². The maximum atomic E-state index is 6.32. The summed E-state index contributed by atoms with van der Waals surface area (Å²) in [6.07, 6.45) is 5.06. The van der Waals surface area contributed by atoms with Crippen LogP contribution in [0.4, 0.5) is 17.5 Å². The van der Waals surface area contributed by atoms with E-state index in [9.17, 15) is 0 Å². The molecule has 0 saturated carbocycles. The first kappa shape index (κ1) is 16.1. The van der Waals surface area contributed by atoms with E-state index < -0.39 is 0 Å². The van der Waals surface area contributed by atoms with Gasteiger partial charge in [-0.2, -0.15) is 10.1 Å². The van der Waals surface area contributed by atoms with E-state index in [-0.39, 0.29) is 0 Å². The van der Waals surface area contributed by atoms with E-state index in [2.05, 4.69) is 36.9 Å². The van der Waals surface area contributed by atoms with Gasteiger partial charge in [-0.15, -0.1) is 5.10 Å². The van der Waals surface area contributed by atoms with Crippen molar-refractivity contribution in [2.75, 3.05) is 10.6 Å². The second-order valence-electron chi connectivity index (χ2n) is 5.44. The van der Waals surface area contributed by atoms with Crippen LogP contribution < -0.4 is 10.6 Å². The minimum Gasteiger partial charge on any atom is -0.349 e. The Hall–Kier alpha value is -2.73. The second-order valence-corrected chi connectivity index (χ2v) is 5.85. The molecule has 122 valence electrons. The minimum atomic E-state index is 0.442. The summed E-state index contributed by atoms with van der Waals surface area (Å²) < 4.78 is 0. The summed E-state index contributed by atoms with van der Waals surface area (Å²) in [6.45, 7) is 4.60. The first-order valence-corrected chi connectivity index (χ1v) is 7.86. The molecule has 0 spiro atoms. The predicted octanol–water partition coefficient (Wildman–Crippen LogP) is 3.89. The highest BCUT2D eigenvalue weighted by Gasteiger charge is 2.08. The van der Waals surface area contributed by atoms with E-state index in [0.29, 0.717) is 23.3 Å². The number of aryl methyl sites for hydroxylation is 2. The average Bonchev–Trinajstić information content (AvgIpc) is 2.58. The third-order valence-electron chi connectivity index (χ3n) is 3.44. The van der Waals surface area contributed by atoms with E-state index in [1.165, 1.54) is 0 Å². The van der Waals surface area contributed by atoms with Crippen LogP contribution in [0.1, 0.15) is 16.7 Å². The summed E-state index contributed by atoms with van der Waals surface area (Å²) in [6, 6.07) is 7.83. The molecule has 0 fully saturated rings. The number of aromatic nitrogens is 4. The van der Waals surface area contributed by atoms with Crippen molar-refractivity contribution >= 4 is 29.1 Å². The molecule has 0 atom stereocenters. The molecule has 0 bridgehead atoms. The molecule has 3 aromatic rings. The van der Waals surface area contributed by atoms with Crippen LogP contribution in [-0.2, 0) is 6.54 Å². The predicted molar refractivity (Wildman–Crippen MR) is 95.6 cm³/mol. The topological polar surface area (TPSA) is 75.6 Å². The number of benzene rings is 1. The number of nitrogens with zero attached hydrogens (tertiary/aromatic N) is 4. The summed E-state index contributed by atoms with van der Waals surface area (Å²) in [5.74, 6) is 1.02. The monoisotopic (exact) mass is 340 g/mol. The molecule has 3 rings (SSSR count). The van der Waals surface area contributed by atoms with Crippen LogP contribution >= 0.6 is 11.6 Å². The third-order valence-corrected chi connectivity index (χ3v) is 3.74. The number of hydrogen-bond donors (Lipinski definition) is 2. The quantitative estimate of drug-likeness (QED) is 0.733. The number of nitrogens with one attached hydrogen (secondary N) is 2. The van der Waals surface area contributed by atoms with Crippen LogP contribution in [0, 0.1) is 13.8 Å². The maximum absolute atomic E-state index is 6.32. The van der Waals surface area contributed by atoms with E-state index in [0.717, 1.165) is 22.4 Å². The van der Waals surface area contributed by atoms with Gasteiger partial charge in [-0.05, 0) is 48.7 Å². The average molecular weight is 341 g/mol. The van der Waals surface area contributed by atoms with Crippen LogP contribution in [0.15, 0.2) is 42.9 Å². The van der Waals surface area contributed by atoms with Crippen LogP contribution in [-0.4, -0.2) is 20.2 Å². The van der Waals surface area contributed by atoms with Gasteiger partial charge in [-0.1, -0.05) is 17.7 Å². The Balaban J connectivity index is 1.74. The molecule has 0 aliphatic heterocycles. The molecule has 0 radical (unpaired) electrons. The largest absolute Gasteiger partial charge is 0.349 e. The Labute approximate surface area is 145 Å². The van der Waals surface area contributed by atoms with E-state index in [4.69, 9.17) is 11.6 Å². The minimum absolute atomic E-state index is 0.442. The molecule has 0 amide bonds. The molecule has 2 heterocycles. The van der Waals surface area contributed by atoms with Crippen molar-refractivity contribution in [2.45, 2.75) is 20.4 Å². The van der Waals surface area contributed by atoms with Gasteiger partial charge in [-0.25, -0.2) is 0 Å². The highest BCUT2D eigenvalue weighted by Crippen LogP contribution is 2.29. The smallest absolute Gasteiger partial charge is 0.244 e. The Morgan fingerprint density at radius 1 is 1.12 bits per heavy atom. The van der Waals surface area contributed by atoms with Crippen molar-refractivity contribution in [1.29, 1.82) is 0 Å². The second kappa shape index (κ2) is 7.23. The van der Waals surface area contributed by atoms with Crippen molar-refractivity contribution < 1.29 is 0 Å². The van der Waals surface area contributed by atoms with Gasteiger partial charge in [0.25, 0.3) is 0 Å². The number of hydrogen-bond acceptors (Lipinski definition) is 6. The zero-order valence-corrected chi connectivity index (χ0v) is 14.2. The molecule has 2 N–H and O–H groups in total. The van der Waals surface area contributed by atoms with Gasteiger partial charge in [0.05, 0.1) is 16.9 Å². The van der Waals surface area contributed by atoms with Crippen LogP contribution in [0.25, 0.3) is 0 Å². The van der Waals surface area contributed by atoms with Crippen molar-refractivity contribution in [1.82, 2.24) is 20.2 Å². The van der Waals surface area contributed by atoms with Gasteiger partial charge in [0.15, 0.2) is 5.82 Å². The lowest BCUT2D eigenvalue weighted by atomic mass is 10.1. The van der Waals surface area contributed by atoms with Crippen molar-refractivity contribution in [3.63, 3.8) is 0 Å². The summed E-state index contributed by atoms with van der Waals surface area (Å²) in [7, 11) is 0. The molecule has 0 aliphatic carbocycles. The molecular formula is C17H17ClN6. The van der Waals surface area contributed by atoms with Gasteiger partial charge in [0.2, 0.25) is 5.95 Å². The van der Waals surface area contributed by atoms with E-state index in [1.54, 1.807) is 18.6 Å². The standard InChI is InChI=1S/C17H17ClN6/c1-11-7-12(2)16(14(18)8-11)22-15-10-21-24-17(23-15)20-9-13-3-5-19-6-4-13/h3-8,10H,9H2,1-2H3,(H2,20,22,23,24). The Morgan fingerprint density at radius 3 is 2.67 bits per heavy atom. The fourth-order valence-electron chi connectivity index (χ4n) is 2.32. The molecule has 1 aromatic carbocycles. The first-order valence-electron chi connectivity index (χ1n) is 7.48. The van der Waals surface area contributed by atoms with Crippen LogP contribution in [0.5, 0.6) is 0 Å². The molecule has 2 aromatic heterocycles. The Kier molecular flexibility index (Phi) is 4.86.